The van der Waals surface area contributed by atoms with E-state index in [0.29, 0.717) is 5.70 Å². The first-order valence-corrected chi connectivity index (χ1v) is 2.55. The summed E-state index contributed by atoms with van der Waals surface area (Å²) < 4.78 is 0. The molecule has 0 aliphatic heterocycles. The molecule has 0 radical (unpaired) electrons. The monoisotopic (exact) mass is 109 g/mol. The van der Waals surface area contributed by atoms with Crippen LogP contribution in [0.1, 0.15) is 20.8 Å². The largest absolute Gasteiger partial charge is 0.243 e. The van der Waals surface area contributed by atoms with Crippen molar-refractivity contribution in [2.24, 2.45) is 5.41 Å². The lowest BCUT2D eigenvalue weighted by Gasteiger charge is -2.13. The molecule has 0 bridgehead atoms. The molecular formula is C7H11N. The normalized spacial score (nSPS) is 10.2. The van der Waals surface area contributed by atoms with Crippen molar-refractivity contribution in [2.75, 3.05) is 0 Å². The van der Waals surface area contributed by atoms with E-state index in [1.165, 1.54) is 0 Å². The predicted octanol–water partition coefficient (Wildman–Crippen LogP) is 2.47. The van der Waals surface area contributed by atoms with E-state index in [9.17, 15) is 0 Å². The molecule has 8 heavy (non-hydrogen) atoms. The molecule has 0 unspecified atom stereocenters. The second kappa shape index (κ2) is 2.00. The van der Waals surface area contributed by atoms with E-state index in [-0.39, 0.29) is 5.41 Å². The van der Waals surface area contributed by atoms with Crippen LogP contribution >= 0.6 is 0 Å². The second-order valence-electron chi connectivity index (χ2n) is 2.81. The minimum Gasteiger partial charge on any atom is -0.243 e. The number of hydrogen-bond donors (Lipinski definition) is 0. The Bertz CT molecular complexity index is 131. The van der Waals surface area contributed by atoms with Gasteiger partial charge in [0, 0.05) is 0 Å². The fraction of sp³-hybridized carbons (Fsp3) is 0.571. The molecule has 0 saturated heterocycles. The lowest BCUT2D eigenvalue weighted by Crippen LogP contribution is -2.04. The van der Waals surface area contributed by atoms with Crippen LogP contribution in [0.4, 0.5) is 0 Å². The van der Waals surface area contributed by atoms with Gasteiger partial charge >= 0.3 is 0 Å². The number of allylic oxidation sites excluding steroid dienone is 1. The van der Waals surface area contributed by atoms with E-state index < -0.39 is 0 Å². The smallest absolute Gasteiger partial charge is 0.163 e. The van der Waals surface area contributed by atoms with Crippen LogP contribution in [0.5, 0.6) is 0 Å². The van der Waals surface area contributed by atoms with Gasteiger partial charge in [-0.15, -0.1) is 0 Å². The zero-order chi connectivity index (χ0) is 6.78. The molecule has 0 amide bonds. The highest BCUT2D eigenvalue weighted by Gasteiger charge is 2.14. The highest BCUT2D eigenvalue weighted by Crippen LogP contribution is 2.23. The Morgan fingerprint density at radius 3 is 1.88 bits per heavy atom. The van der Waals surface area contributed by atoms with Gasteiger partial charge in [0.2, 0.25) is 0 Å². The maximum atomic E-state index is 6.59. The van der Waals surface area contributed by atoms with Gasteiger partial charge in [-0.3, -0.25) is 0 Å². The topological polar surface area (TPSA) is 4.36 Å². The molecule has 1 heteroatoms. The lowest BCUT2D eigenvalue weighted by molar-refractivity contribution is 0.518. The second-order valence-corrected chi connectivity index (χ2v) is 2.81. The van der Waals surface area contributed by atoms with Crippen molar-refractivity contribution >= 4 is 0 Å². The van der Waals surface area contributed by atoms with E-state index in [4.69, 9.17) is 6.57 Å². The van der Waals surface area contributed by atoms with Crippen LogP contribution in [-0.2, 0) is 0 Å². The first-order valence-electron chi connectivity index (χ1n) is 2.55. The molecule has 0 aliphatic rings. The van der Waals surface area contributed by atoms with Crippen LogP contribution in [0, 0.1) is 12.0 Å². The molecular weight excluding hydrogens is 98.1 g/mol. The van der Waals surface area contributed by atoms with E-state index >= 15 is 0 Å². The molecule has 0 aromatic rings. The SMILES string of the molecule is [C-]#[N+]C(=C)C(C)(C)C. The molecule has 0 rings (SSSR count). The van der Waals surface area contributed by atoms with E-state index in [1.54, 1.807) is 0 Å². The third-order valence-electron chi connectivity index (χ3n) is 1.00. The van der Waals surface area contributed by atoms with Gasteiger partial charge in [-0.25, -0.2) is 4.85 Å². The van der Waals surface area contributed by atoms with Crippen molar-refractivity contribution in [1.29, 1.82) is 0 Å². The molecule has 0 aliphatic carbocycles. The molecule has 0 N–H and O–H groups in total. The minimum absolute atomic E-state index is 0.0399. The highest BCUT2D eigenvalue weighted by atomic mass is 14.7. The Balaban J connectivity index is 4.09. The molecule has 0 aromatic heterocycles. The van der Waals surface area contributed by atoms with E-state index in [0.717, 1.165) is 0 Å². The summed E-state index contributed by atoms with van der Waals surface area (Å²) in [6.45, 7) is 16.1. The van der Waals surface area contributed by atoms with Crippen molar-refractivity contribution in [3.05, 3.63) is 23.7 Å². The Morgan fingerprint density at radius 1 is 1.50 bits per heavy atom. The minimum atomic E-state index is -0.0399. The van der Waals surface area contributed by atoms with E-state index in [2.05, 4.69) is 11.4 Å². The standard InChI is InChI=1S/C7H11N/c1-6(8-5)7(2,3)4/h1H2,2-4H3. The van der Waals surface area contributed by atoms with Crippen LogP contribution in [0.25, 0.3) is 4.85 Å². The highest BCUT2D eigenvalue weighted by molar-refractivity contribution is 5.12. The Kier molecular flexibility index (Phi) is 1.81. The van der Waals surface area contributed by atoms with Gasteiger partial charge < -0.3 is 0 Å². The van der Waals surface area contributed by atoms with Crippen molar-refractivity contribution in [2.45, 2.75) is 20.8 Å². The van der Waals surface area contributed by atoms with Crippen molar-refractivity contribution < 1.29 is 0 Å². The predicted molar refractivity (Wildman–Crippen MR) is 35.2 cm³/mol. The van der Waals surface area contributed by atoms with Crippen molar-refractivity contribution in [1.82, 2.24) is 0 Å². The maximum Gasteiger partial charge on any atom is 0.163 e. The number of nitrogens with zero attached hydrogens (tertiary/aromatic N) is 1. The summed E-state index contributed by atoms with van der Waals surface area (Å²) in [5, 5.41) is 0. The molecule has 1 nitrogen and oxygen atoms in total. The summed E-state index contributed by atoms with van der Waals surface area (Å²) in [7, 11) is 0. The average Bonchev–Trinajstić information content (AvgIpc) is 1.62. The Labute approximate surface area is 50.8 Å². The summed E-state index contributed by atoms with van der Waals surface area (Å²) in [6, 6.07) is 0. The van der Waals surface area contributed by atoms with Gasteiger partial charge in [-0.2, -0.15) is 0 Å². The first-order chi connectivity index (χ1) is 3.48. The average molecular weight is 109 g/mol. The summed E-state index contributed by atoms with van der Waals surface area (Å²) in [5.41, 5.74) is 0.583. The fourth-order valence-electron chi connectivity index (χ4n) is 0.168. The molecule has 0 saturated carbocycles. The van der Waals surface area contributed by atoms with Crippen LogP contribution in [0.3, 0.4) is 0 Å². The molecule has 0 atom stereocenters. The number of hydrogen-bond acceptors (Lipinski definition) is 0. The zero-order valence-electron chi connectivity index (χ0n) is 5.65. The van der Waals surface area contributed by atoms with Gasteiger partial charge in [0.25, 0.3) is 0 Å². The van der Waals surface area contributed by atoms with Crippen LogP contribution in [0.2, 0.25) is 0 Å². The van der Waals surface area contributed by atoms with Gasteiger partial charge in [0.05, 0.1) is 6.57 Å². The summed E-state index contributed by atoms with van der Waals surface area (Å²) in [5.74, 6) is 0. The quantitative estimate of drug-likeness (QED) is 0.421. The fourth-order valence-corrected chi connectivity index (χ4v) is 0.168. The summed E-state index contributed by atoms with van der Waals surface area (Å²) >= 11 is 0. The molecule has 44 valence electrons. The molecule has 0 fully saturated rings. The lowest BCUT2D eigenvalue weighted by atomic mass is 9.94. The molecule has 0 aromatic carbocycles. The number of rotatable bonds is 0. The third-order valence-corrected chi connectivity index (χ3v) is 1.00. The van der Waals surface area contributed by atoms with Crippen LogP contribution in [0.15, 0.2) is 12.3 Å². The van der Waals surface area contributed by atoms with Gasteiger partial charge in [-0.05, 0) is 5.41 Å². The summed E-state index contributed by atoms with van der Waals surface area (Å²) in [6.07, 6.45) is 0. The molecule has 0 spiro atoms. The van der Waals surface area contributed by atoms with Gasteiger partial charge in [-0.1, -0.05) is 27.4 Å². The van der Waals surface area contributed by atoms with Gasteiger partial charge in [0.15, 0.2) is 5.70 Å². The van der Waals surface area contributed by atoms with Crippen molar-refractivity contribution in [3.8, 4) is 0 Å². The summed E-state index contributed by atoms with van der Waals surface area (Å²) in [4.78, 5) is 3.22. The van der Waals surface area contributed by atoms with E-state index in [1.807, 2.05) is 20.8 Å². The Hall–Kier alpha value is -0.770. The van der Waals surface area contributed by atoms with Gasteiger partial charge in [0.1, 0.15) is 0 Å². The third kappa shape index (κ3) is 1.79. The van der Waals surface area contributed by atoms with Crippen molar-refractivity contribution in [3.63, 3.8) is 0 Å². The molecule has 0 heterocycles. The maximum absolute atomic E-state index is 6.59. The van der Waals surface area contributed by atoms with Crippen LogP contribution < -0.4 is 0 Å². The zero-order valence-corrected chi connectivity index (χ0v) is 5.65. The first kappa shape index (κ1) is 7.23. The Morgan fingerprint density at radius 2 is 1.88 bits per heavy atom. The van der Waals surface area contributed by atoms with Crippen LogP contribution in [-0.4, -0.2) is 0 Å².